The summed E-state index contributed by atoms with van der Waals surface area (Å²) in [6.07, 6.45) is 0. The van der Waals surface area contributed by atoms with Gasteiger partial charge in [0.1, 0.15) is 10.8 Å². The van der Waals surface area contributed by atoms with E-state index >= 15 is 0 Å². The van der Waals surface area contributed by atoms with Crippen LogP contribution >= 0.6 is 11.3 Å². The number of amidine groups is 2. The fraction of sp³-hybridized carbons (Fsp3) is 0.0227. The standard InChI is InChI=1S/C44H31N5S/c45-42(29-13-3-1-4-14-29)48-43(30-15-5-2-6-16-30)46-28-32-24-26-39(34-18-8-7-17-33(32)34)49-38-21-11-9-19-35(38)36-27-31(23-25-40(36)49)44-47-37-20-10-12-22-41(37)50-44/h1-27H,28H2,(H2,45,46,48). The number of benzene rings is 7. The highest BCUT2D eigenvalue weighted by molar-refractivity contribution is 7.21. The number of aromatic nitrogens is 2. The van der Waals surface area contributed by atoms with Gasteiger partial charge >= 0.3 is 0 Å². The van der Waals surface area contributed by atoms with E-state index in [2.05, 4.69) is 102 Å². The first kappa shape index (κ1) is 29.7. The molecular formula is C44H31N5S. The van der Waals surface area contributed by atoms with E-state index in [1.165, 1.54) is 15.5 Å². The van der Waals surface area contributed by atoms with Crippen molar-refractivity contribution < 1.29 is 0 Å². The SMILES string of the molecule is NC(=NC(=NCc1ccc(-n2c3ccccc3c3cc(-c4nc5ccccc5s4)ccc32)c2ccccc12)c1ccccc1)c1ccccc1. The first-order valence-corrected chi connectivity index (χ1v) is 17.4. The average molecular weight is 662 g/mol. The minimum Gasteiger partial charge on any atom is -0.383 e. The van der Waals surface area contributed by atoms with Crippen LogP contribution in [0.2, 0.25) is 0 Å². The minimum atomic E-state index is 0.436. The molecule has 0 atom stereocenters. The molecule has 0 saturated heterocycles. The molecule has 5 nitrogen and oxygen atoms in total. The smallest absolute Gasteiger partial charge is 0.157 e. The summed E-state index contributed by atoms with van der Waals surface area (Å²) in [6, 6.07) is 56.6. The maximum Gasteiger partial charge on any atom is 0.157 e. The topological polar surface area (TPSA) is 68.6 Å². The Morgan fingerprint density at radius 1 is 0.600 bits per heavy atom. The summed E-state index contributed by atoms with van der Waals surface area (Å²) in [5.74, 6) is 1.04. The molecule has 50 heavy (non-hydrogen) atoms. The van der Waals surface area contributed by atoms with Crippen molar-refractivity contribution in [1.82, 2.24) is 9.55 Å². The summed E-state index contributed by atoms with van der Waals surface area (Å²) >= 11 is 1.73. The predicted molar refractivity (Wildman–Crippen MR) is 211 cm³/mol. The summed E-state index contributed by atoms with van der Waals surface area (Å²) in [6.45, 7) is 0.454. The molecule has 0 aliphatic rings. The van der Waals surface area contributed by atoms with Gasteiger partial charge < -0.3 is 10.3 Å². The van der Waals surface area contributed by atoms with Crippen molar-refractivity contribution in [3.05, 3.63) is 180 Å². The molecule has 0 saturated carbocycles. The Kier molecular flexibility index (Phi) is 7.48. The van der Waals surface area contributed by atoms with Gasteiger partial charge in [-0.15, -0.1) is 11.3 Å². The largest absolute Gasteiger partial charge is 0.383 e. The summed E-state index contributed by atoms with van der Waals surface area (Å²) in [5.41, 5.74) is 15.0. The van der Waals surface area contributed by atoms with Crippen LogP contribution in [0.3, 0.4) is 0 Å². The zero-order valence-electron chi connectivity index (χ0n) is 27.1. The highest BCUT2D eigenvalue weighted by Crippen LogP contribution is 2.39. The van der Waals surface area contributed by atoms with Gasteiger partial charge in [0.25, 0.3) is 0 Å². The zero-order chi connectivity index (χ0) is 33.4. The van der Waals surface area contributed by atoms with Crippen molar-refractivity contribution in [2.24, 2.45) is 15.7 Å². The monoisotopic (exact) mass is 661 g/mol. The number of nitrogens with two attached hydrogens (primary N) is 1. The highest BCUT2D eigenvalue weighted by Gasteiger charge is 2.17. The van der Waals surface area contributed by atoms with Crippen LogP contribution in [0.1, 0.15) is 16.7 Å². The Bertz CT molecular complexity index is 2710. The molecular weight excluding hydrogens is 631 g/mol. The number of hydrogen-bond acceptors (Lipinski definition) is 3. The molecule has 6 heteroatoms. The summed E-state index contributed by atoms with van der Waals surface area (Å²) < 4.78 is 3.59. The van der Waals surface area contributed by atoms with Crippen molar-refractivity contribution in [2.45, 2.75) is 6.54 Å². The van der Waals surface area contributed by atoms with E-state index in [-0.39, 0.29) is 0 Å². The lowest BCUT2D eigenvalue weighted by molar-refractivity contribution is 1.07. The van der Waals surface area contributed by atoms with Gasteiger partial charge in [-0.05, 0) is 53.4 Å². The Morgan fingerprint density at radius 3 is 2.06 bits per heavy atom. The van der Waals surface area contributed by atoms with Gasteiger partial charge in [-0.1, -0.05) is 121 Å². The number of para-hydroxylation sites is 2. The molecule has 0 spiro atoms. The number of thiazole rings is 1. The number of fused-ring (bicyclic) bond motifs is 5. The first-order chi connectivity index (χ1) is 24.7. The molecule has 2 aromatic heterocycles. The van der Waals surface area contributed by atoms with Crippen molar-refractivity contribution in [2.75, 3.05) is 0 Å². The molecule has 0 fully saturated rings. The van der Waals surface area contributed by atoms with Crippen molar-refractivity contribution in [3.63, 3.8) is 0 Å². The lowest BCUT2D eigenvalue weighted by atomic mass is 10.0. The molecule has 0 amide bonds. The van der Waals surface area contributed by atoms with E-state index in [0.717, 1.165) is 60.3 Å². The van der Waals surface area contributed by atoms with Crippen LogP contribution in [0, 0.1) is 0 Å². The number of aliphatic imine (C=N–C) groups is 2. The van der Waals surface area contributed by atoms with Crippen LogP contribution in [0.25, 0.3) is 59.1 Å². The van der Waals surface area contributed by atoms with Crippen molar-refractivity contribution in [1.29, 1.82) is 0 Å². The van der Waals surface area contributed by atoms with Crippen LogP contribution in [0.15, 0.2) is 174 Å². The van der Waals surface area contributed by atoms with Crippen molar-refractivity contribution >= 4 is 65.8 Å². The van der Waals surface area contributed by atoms with Gasteiger partial charge in [0, 0.05) is 32.8 Å². The molecule has 0 aliphatic heterocycles. The second-order valence-electron chi connectivity index (χ2n) is 12.2. The Hall–Kier alpha value is -6.37. The van der Waals surface area contributed by atoms with Crippen LogP contribution in [0.4, 0.5) is 0 Å². The first-order valence-electron chi connectivity index (χ1n) is 16.6. The quantitative estimate of drug-likeness (QED) is 0.142. The number of rotatable bonds is 6. The van der Waals surface area contributed by atoms with Gasteiger partial charge in [0.2, 0.25) is 0 Å². The lowest BCUT2D eigenvalue weighted by Gasteiger charge is -2.14. The van der Waals surface area contributed by atoms with Gasteiger partial charge in [0.15, 0.2) is 5.84 Å². The Labute approximate surface area is 293 Å². The second-order valence-corrected chi connectivity index (χ2v) is 13.3. The lowest BCUT2D eigenvalue weighted by Crippen LogP contribution is -2.16. The maximum atomic E-state index is 6.48. The summed E-state index contributed by atoms with van der Waals surface area (Å²) in [5, 5.41) is 5.76. The van der Waals surface area contributed by atoms with Gasteiger partial charge in [-0.2, -0.15) is 0 Å². The van der Waals surface area contributed by atoms with E-state index in [1.807, 2.05) is 66.7 Å². The molecule has 0 unspecified atom stereocenters. The van der Waals surface area contributed by atoms with Crippen LogP contribution < -0.4 is 5.73 Å². The van der Waals surface area contributed by atoms with Crippen LogP contribution in [-0.4, -0.2) is 21.2 Å². The summed E-state index contributed by atoms with van der Waals surface area (Å²) in [7, 11) is 0. The van der Waals surface area contributed by atoms with Gasteiger partial charge in [0.05, 0.1) is 33.5 Å². The van der Waals surface area contributed by atoms with Gasteiger partial charge in [-0.25, -0.2) is 9.98 Å². The van der Waals surface area contributed by atoms with E-state index in [4.69, 9.17) is 20.7 Å². The third kappa shape index (κ3) is 5.32. The molecule has 0 bridgehead atoms. The fourth-order valence-corrected chi connectivity index (χ4v) is 7.73. The molecule has 9 rings (SSSR count). The normalized spacial score (nSPS) is 12.4. The van der Waals surface area contributed by atoms with Crippen LogP contribution in [0.5, 0.6) is 0 Å². The third-order valence-corrected chi connectivity index (χ3v) is 10.3. The molecule has 0 aliphatic carbocycles. The highest BCUT2D eigenvalue weighted by atomic mass is 32.1. The molecule has 2 N–H and O–H groups in total. The number of nitrogens with zero attached hydrogens (tertiary/aromatic N) is 4. The Balaban J connectivity index is 1.16. The van der Waals surface area contributed by atoms with Crippen LogP contribution in [-0.2, 0) is 6.54 Å². The average Bonchev–Trinajstić information content (AvgIpc) is 3.76. The zero-order valence-corrected chi connectivity index (χ0v) is 27.9. The summed E-state index contributed by atoms with van der Waals surface area (Å²) in [4.78, 5) is 14.8. The van der Waals surface area contributed by atoms with E-state index in [0.29, 0.717) is 18.2 Å². The molecule has 0 radical (unpaired) electrons. The Morgan fingerprint density at radius 2 is 1.26 bits per heavy atom. The predicted octanol–water partition coefficient (Wildman–Crippen LogP) is 10.6. The minimum absolute atomic E-state index is 0.436. The molecule has 238 valence electrons. The van der Waals surface area contributed by atoms with E-state index in [1.54, 1.807) is 11.3 Å². The number of hydrogen-bond donors (Lipinski definition) is 1. The fourth-order valence-electron chi connectivity index (χ4n) is 6.77. The maximum absolute atomic E-state index is 6.48. The molecule has 7 aromatic carbocycles. The third-order valence-electron chi connectivity index (χ3n) is 9.17. The van der Waals surface area contributed by atoms with Crippen molar-refractivity contribution in [3.8, 4) is 16.3 Å². The molecule has 2 heterocycles. The van der Waals surface area contributed by atoms with Gasteiger partial charge in [-0.3, -0.25) is 4.99 Å². The molecule has 9 aromatic rings. The van der Waals surface area contributed by atoms with E-state index in [9.17, 15) is 0 Å². The van der Waals surface area contributed by atoms with E-state index < -0.39 is 0 Å². The second kappa shape index (κ2) is 12.6.